The summed E-state index contributed by atoms with van der Waals surface area (Å²) in [7, 11) is 0. The highest BCUT2D eigenvalue weighted by atomic mass is 35.5. The summed E-state index contributed by atoms with van der Waals surface area (Å²) in [4.78, 5) is 14.1. The van der Waals surface area contributed by atoms with Gasteiger partial charge >= 0.3 is 6.61 Å². The SMILES string of the molecule is Cl.Cl.O=C(NC1CCN(c2ccccc2OC(F)F)C1)C1CNCCO1. The van der Waals surface area contributed by atoms with Crippen molar-refractivity contribution in [2.45, 2.75) is 25.2 Å². The van der Waals surface area contributed by atoms with Crippen LogP contribution in [0.2, 0.25) is 0 Å². The van der Waals surface area contributed by atoms with E-state index in [9.17, 15) is 13.6 Å². The van der Waals surface area contributed by atoms with Gasteiger partial charge in [0.1, 0.15) is 11.9 Å². The van der Waals surface area contributed by atoms with Crippen LogP contribution in [0.1, 0.15) is 6.42 Å². The molecule has 0 radical (unpaired) electrons. The first-order valence-corrected chi connectivity index (χ1v) is 8.05. The number of amides is 1. The van der Waals surface area contributed by atoms with Crippen LogP contribution >= 0.6 is 24.8 Å². The van der Waals surface area contributed by atoms with Crippen molar-refractivity contribution in [3.05, 3.63) is 24.3 Å². The molecule has 2 unspecified atom stereocenters. The first-order valence-electron chi connectivity index (χ1n) is 8.05. The van der Waals surface area contributed by atoms with Gasteiger partial charge in [-0.15, -0.1) is 24.8 Å². The molecule has 2 N–H and O–H groups in total. The number of alkyl halides is 2. The highest BCUT2D eigenvalue weighted by molar-refractivity contribution is 5.85. The number of hydrogen-bond donors (Lipinski definition) is 2. The highest BCUT2D eigenvalue weighted by Crippen LogP contribution is 2.31. The van der Waals surface area contributed by atoms with E-state index in [2.05, 4.69) is 15.4 Å². The maximum atomic E-state index is 12.5. The number of carbonyl (C=O) groups excluding carboxylic acids is 1. The number of para-hydroxylation sites is 2. The second-order valence-electron chi connectivity index (χ2n) is 5.85. The Balaban J connectivity index is 0.00000169. The molecule has 1 amide bonds. The lowest BCUT2D eigenvalue weighted by Crippen LogP contribution is -2.50. The smallest absolute Gasteiger partial charge is 0.387 e. The monoisotopic (exact) mass is 413 g/mol. The Hall–Kier alpha value is -1.35. The van der Waals surface area contributed by atoms with Crippen LogP contribution in [0.15, 0.2) is 24.3 Å². The molecular weight excluding hydrogens is 391 g/mol. The number of rotatable bonds is 5. The number of halogens is 4. The van der Waals surface area contributed by atoms with E-state index in [1.807, 2.05) is 4.90 Å². The minimum Gasteiger partial charge on any atom is -0.433 e. The molecule has 0 aromatic heterocycles. The van der Waals surface area contributed by atoms with Gasteiger partial charge in [0, 0.05) is 32.2 Å². The molecule has 3 rings (SSSR count). The zero-order valence-corrected chi connectivity index (χ0v) is 15.7. The first-order chi connectivity index (χ1) is 11.6. The molecule has 0 bridgehead atoms. The summed E-state index contributed by atoms with van der Waals surface area (Å²) in [6.45, 7) is 0.135. The van der Waals surface area contributed by atoms with Crippen LogP contribution < -0.4 is 20.3 Å². The molecule has 2 fully saturated rings. The van der Waals surface area contributed by atoms with Crippen molar-refractivity contribution in [2.24, 2.45) is 0 Å². The number of morpholine rings is 1. The Morgan fingerprint density at radius 3 is 2.81 bits per heavy atom. The number of ether oxygens (including phenoxy) is 2. The van der Waals surface area contributed by atoms with Gasteiger partial charge in [0.2, 0.25) is 0 Å². The Bertz CT molecular complexity index is 577. The van der Waals surface area contributed by atoms with E-state index in [4.69, 9.17) is 4.74 Å². The van der Waals surface area contributed by atoms with Gasteiger partial charge in [0.25, 0.3) is 5.91 Å². The number of benzene rings is 1. The number of anilines is 1. The minimum absolute atomic E-state index is 0. The lowest BCUT2D eigenvalue weighted by Gasteiger charge is -2.25. The molecule has 1 aromatic rings. The molecule has 2 atom stereocenters. The second-order valence-corrected chi connectivity index (χ2v) is 5.85. The fourth-order valence-corrected chi connectivity index (χ4v) is 3.04. The molecule has 26 heavy (non-hydrogen) atoms. The summed E-state index contributed by atoms with van der Waals surface area (Å²) < 4.78 is 35.1. The van der Waals surface area contributed by atoms with Gasteiger partial charge in [-0.25, -0.2) is 0 Å². The Morgan fingerprint density at radius 2 is 2.12 bits per heavy atom. The van der Waals surface area contributed by atoms with Gasteiger partial charge in [0.15, 0.2) is 0 Å². The Kier molecular flexibility index (Phi) is 9.35. The van der Waals surface area contributed by atoms with Crippen LogP contribution in [-0.2, 0) is 9.53 Å². The van der Waals surface area contributed by atoms with Gasteiger partial charge in [-0.2, -0.15) is 8.78 Å². The van der Waals surface area contributed by atoms with Crippen LogP contribution in [0.5, 0.6) is 5.75 Å². The van der Waals surface area contributed by atoms with Crippen molar-refractivity contribution in [3.63, 3.8) is 0 Å². The first kappa shape index (κ1) is 22.7. The van der Waals surface area contributed by atoms with Gasteiger partial charge in [-0.3, -0.25) is 4.79 Å². The second kappa shape index (κ2) is 10.7. The lowest BCUT2D eigenvalue weighted by molar-refractivity contribution is -0.134. The normalized spacial score (nSPS) is 22.3. The predicted molar refractivity (Wildman–Crippen MR) is 98.9 cm³/mol. The van der Waals surface area contributed by atoms with Crippen molar-refractivity contribution in [2.75, 3.05) is 37.7 Å². The fraction of sp³-hybridized carbons (Fsp3) is 0.562. The maximum absolute atomic E-state index is 12.5. The molecule has 2 aliphatic rings. The number of nitrogens with zero attached hydrogens (tertiary/aromatic N) is 1. The summed E-state index contributed by atoms with van der Waals surface area (Å²) in [5.74, 6) is 0.0189. The van der Waals surface area contributed by atoms with Crippen molar-refractivity contribution in [1.29, 1.82) is 0 Å². The Morgan fingerprint density at radius 1 is 1.35 bits per heavy atom. The lowest BCUT2D eigenvalue weighted by atomic mass is 10.2. The minimum atomic E-state index is -2.86. The predicted octanol–water partition coefficient (Wildman–Crippen LogP) is 1.81. The van der Waals surface area contributed by atoms with Crippen LogP contribution in [-0.4, -0.2) is 57.5 Å². The van der Waals surface area contributed by atoms with Crippen LogP contribution in [0, 0.1) is 0 Å². The van der Waals surface area contributed by atoms with E-state index in [1.54, 1.807) is 18.2 Å². The summed E-state index contributed by atoms with van der Waals surface area (Å²) in [6, 6.07) is 6.67. The molecule has 2 saturated heterocycles. The molecule has 2 heterocycles. The summed E-state index contributed by atoms with van der Waals surface area (Å²) >= 11 is 0. The average molecular weight is 414 g/mol. The van der Waals surface area contributed by atoms with Crippen LogP contribution in [0.3, 0.4) is 0 Å². The number of carbonyl (C=O) groups is 1. The molecule has 148 valence electrons. The summed E-state index contributed by atoms with van der Waals surface area (Å²) in [6.07, 6.45) is 0.275. The topological polar surface area (TPSA) is 62.8 Å². The molecule has 6 nitrogen and oxygen atoms in total. The quantitative estimate of drug-likeness (QED) is 0.770. The van der Waals surface area contributed by atoms with Gasteiger partial charge < -0.3 is 25.0 Å². The van der Waals surface area contributed by atoms with Crippen molar-refractivity contribution in [1.82, 2.24) is 10.6 Å². The molecule has 10 heteroatoms. The van der Waals surface area contributed by atoms with Crippen molar-refractivity contribution < 1.29 is 23.0 Å². The van der Waals surface area contributed by atoms with E-state index >= 15 is 0 Å². The molecule has 2 aliphatic heterocycles. The third-order valence-electron chi connectivity index (χ3n) is 4.18. The zero-order valence-electron chi connectivity index (χ0n) is 14.0. The molecular formula is C16H23Cl2F2N3O3. The van der Waals surface area contributed by atoms with E-state index < -0.39 is 12.7 Å². The maximum Gasteiger partial charge on any atom is 0.387 e. The van der Waals surface area contributed by atoms with Gasteiger partial charge in [-0.05, 0) is 18.6 Å². The number of hydrogen-bond acceptors (Lipinski definition) is 5. The van der Waals surface area contributed by atoms with Crippen LogP contribution in [0.25, 0.3) is 0 Å². The molecule has 0 spiro atoms. The molecule has 0 aliphatic carbocycles. The molecule has 1 aromatic carbocycles. The third-order valence-corrected chi connectivity index (χ3v) is 4.18. The third kappa shape index (κ3) is 5.84. The van der Waals surface area contributed by atoms with Gasteiger partial charge in [-0.1, -0.05) is 12.1 Å². The summed E-state index contributed by atoms with van der Waals surface area (Å²) in [5.41, 5.74) is 0.616. The van der Waals surface area contributed by atoms with Crippen molar-refractivity contribution in [3.8, 4) is 5.75 Å². The van der Waals surface area contributed by atoms with Crippen molar-refractivity contribution >= 4 is 36.4 Å². The highest BCUT2D eigenvalue weighted by Gasteiger charge is 2.29. The largest absolute Gasteiger partial charge is 0.433 e. The average Bonchev–Trinajstić information content (AvgIpc) is 3.04. The van der Waals surface area contributed by atoms with E-state index in [-0.39, 0.29) is 42.5 Å². The standard InChI is InChI=1S/C16H21F2N3O3.2ClH/c17-16(18)24-13-4-2-1-3-12(13)21-7-5-11(10-21)20-15(22)14-9-19-6-8-23-14;;/h1-4,11,14,16,19H,5-10H2,(H,20,22);2*1H. The van der Waals surface area contributed by atoms with E-state index in [0.717, 1.165) is 13.0 Å². The van der Waals surface area contributed by atoms with Crippen LogP contribution in [0.4, 0.5) is 14.5 Å². The molecule has 0 saturated carbocycles. The van der Waals surface area contributed by atoms with E-state index in [1.165, 1.54) is 6.07 Å². The van der Waals surface area contributed by atoms with E-state index in [0.29, 0.717) is 31.9 Å². The Labute approximate surface area is 163 Å². The fourth-order valence-electron chi connectivity index (χ4n) is 3.04. The summed E-state index contributed by atoms with van der Waals surface area (Å²) in [5, 5.41) is 6.09. The zero-order chi connectivity index (χ0) is 16.9. The van der Waals surface area contributed by atoms with Gasteiger partial charge in [0.05, 0.1) is 12.3 Å². The number of nitrogens with one attached hydrogen (secondary N) is 2.